The molecule has 6 heteroatoms. The van der Waals surface area contributed by atoms with Crippen LogP contribution in [-0.2, 0) is 5.41 Å². The molecule has 1 aromatic carbocycles. The number of nitrogens with one attached hydrogen (secondary N) is 1. The molecule has 6 rings (SSSR count). The maximum Gasteiger partial charge on any atom is 0.495 e. The van der Waals surface area contributed by atoms with Crippen molar-refractivity contribution in [1.29, 1.82) is 0 Å². The number of aromatic amines is 1. The second-order valence-corrected chi connectivity index (χ2v) is 8.24. The van der Waals surface area contributed by atoms with Gasteiger partial charge in [0, 0.05) is 55.7 Å². The van der Waals surface area contributed by atoms with Crippen molar-refractivity contribution in [1.82, 2.24) is 20.2 Å². The fraction of sp³-hybridized carbons (Fsp3) is 0.154. The molecule has 1 aliphatic carbocycles. The summed E-state index contributed by atoms with van der Waals surface area (Å²) in [4.78, 5) is 9.78. The first-order chi connectivity index (χ1) is 15.6. The molecule has 0 atom stereocenters. The van der Waals surface area contributed by atoms with E-state index in [0.717, 1.165) is 45.2 Å². The second-order valence-electron chi connectivity index (χ2n) is 8.24. The topological polar surface area (TPSA) is 60.5 Å². The molecule has 0 bridgehead atoms. The predicted molar refractivity (Wildman–Crippen MR) is 121 cm³/mol. The fourth-order valence-corrected chi connectivity index (χ4v) is 4.94. The quantitative estimate of drug-likeness (QED) is 0.445. The summed E-state index contributed by atoms with van der Waals surface area (Å²) >= 11 is 0. The molecule has 0 radical (unpaired) electrons. The van der Waals surface area contributed by atoms with Crippen molar-refractivity contribution in [3.63, 3.8) is 0 Å². The first-order valence-corrected chi connectivity index (χ1v) is 10.6. The van der Waals surface area contributed by atoms with Gasteiger partial charge in [0.2, 0.25) is 5.69 Å². The lowest BCUT2D eigenvalue weighted by Gasteiger charge is -2.29. The van der Waals surface area contributed by atoms with Gasteiger partial charge in [-0.3, -0.25) is 15.1 Å². The van der Waals surface area contributed by atoms with E-state index in [2.05, 4.69) is 71.0 Å². The van der Waals surface area contributed by atoms with Crippen molar-refractivity contribution in [3.8, 4) is 11.1 Å². The van der Waals surface area contributed by atoms with Gasteiger partial charge in [0.05, 0.1) is 17.1 Å². The Labute approximate surface area is 186 Å². The lowest BCUT2D eigenvalue weighted by Crippen LogP contribution is -2.31. The molecule has 0 fully saturated rings. The molecule has 32 heavy (non-hydrogen) atoms. The van der Waals surface area contributed by atoms with Crippen LogP contribution >= 0.6 is 0 Å². The molecule has 2 aliphatic rings. The largest absolute Gasteiger partial charge is 0.495 e. The minimum absolute atomic E-state index is 0.683. The van der Waals surface area contributed by atoms with Crippen LogP contribution in [0.1, 0.15) is 36.5 Å². The molecule has 4 heterocycles. The van der Waals surface area contributed by atoms with Gasteiger partial charge in [0.1, 0.15) is 5.41 Å². The Hall–Kier alpha value is -4.15. The fourth-order valence-electron chi connectivity index (χ4n) is 4.94. The molecular weight excluding hydrogens is 396 g/mol. The van der Waals surface area contributed by atoms with Crippen molar-refractivity contribution < 1.29 is 9.15 Å². The first-order valence-electron chi connectivity index (χ1n) is 10.6. The molecule has 0 saturated carbocycles. The van der Waals surface area contributed by atoms with Crippen LogP contribution < -0.4 is 0 Å². The van der Waals surface area contributed by atoms with E-state index in [1.54, 1.807) is 6.20 Å². The molecule has 4 aromatic rings. The zero-order valence-electron chi connectivity index (χ0n) is 18.2. The number of allylic oxidation sites excluding steroid dienone is 2. The Morgan fingerprint density at radius 1 is 0.844 bits per heavy atom. The zero-order chi connectivity index (χ0) is 21.9. The van der Waals surface area contributed by atoms with Crippen LogP contribution in [0, 0.1) is 0 Å². The second kappa shape index (κ2) is 6.67. The van der Waals surface area contributed by atoms with Crippen LogP contribution in [0.2, 0.25) is 0 Å². The summed E-state index contributed by atoms with van der Waals surface area (Å²) in [5.74, 6) is 0. The standard InChI is InChI=1S/C26H22N6/c1-17-18(2)32(16-31(17)3)20-8-4-7-19(15-20)26(23-11-14-29-30-23)24-21(9-5-12-27-24)22-10-6-13-28-25(22)26/h4-15H,1-3H3,(H,29,30)/q+2. The van der Waals surface area contributed by atoms with Crippen LogP contribution in [0.25, 0.3) is 11.1 Å². The third kappa shape index (κ3) is 2.33. The van der Waals surface area contributed by atoms with E-state index in [-0.39, 0.29) is 0 Å². The summed E-state index contributed by atoms with van der Waals surface area (Å²) in [6.07, 6.45) is 5.50. The van der Waals surface area contributed by atoms with Crippen LogP contribution in [0.15, 0.2) is 84.6 Å². The number of nitrogens with zero attached hydrogens (tertiary/aromatic N) is 5. The highest BCUT2D eigenvalue weighted by molar-refractivity contribution is 5.82. The van der Waals surface area contributed by atoms with Crippen molar-refractivity contribution in [3.05, 3.63) is 107 Å². The Morgan fingerprint density at radius 2 is 1.56 bits per heavy atom. The van der Waals surface area contributed by atoms with Crippen LogP contribution in [-0.4, -0.2) is 42.4 Å². The van der Waals surface area contributed by atoms with Gasteiger partial charge in [0.25, 0.3) is 11.4 Å². The lowest BCUT2D eigenvalue weighted by atomic mass is 9.74. The van der Waals surface area contributed by atoms with Gasteiger partial charge in [-0.05, 0) is 23.8 Å². The molecule has 1 aliphatic heterocycles. The normalized spacial score (nSPS) is 16.0. The Bertz CT molecular complexity index is 1440. The molecule has 0 saturated heterocycles. The minimum Gasteiger partial charge on any atom is -0.281 e. The molecule has 0 unspecified atom stereocenters. The summed E-state index contributed by atoms with van der Waals surface area (Å²) in [6.45, 7) is 4.22. The highest BCUT2D eigenvalue weighted by atomic mass is 15.2. The maximum atomic E-state index is 4.89. The van der Waals surface area contributed by atoms with Crippen molar-refractivity contribution >= 4 is 11.7 Å². The van der Waals surface area contributed by atoms with Gasteiger partial charge >= 0.3 is 6.01 Å². The highest BCUT2D eigenvalue weighted by Crippen LogP contribution is 2.54. The number of H-pyrrole nitrogens is 1. The molecule has 0 amide bonds. The Balaban J connectivity index is 1.69. The number of fused-ring (bicyclic) bond motifs is 3. The van der Waals surface area contributed by atoms with Gasteiger partial charge < -0.3 is 0 Å². The number of pyridine rings is 2. The smallest absolute Gasteiger partial charge is 0.281 e. The SMILES string of the molecule is CC1=C(C)[N+](c2cccc(C3(c4ccn[nH]4)c4ncccc4-c4cccnc43)c2)=C=[N+]1C. The number of hydrogen-bond acceptors (Lipinski definition) is 3. The molecule has 6 nitrogen and oxygen atoms in total. The number of hydrogen-bond donors (Lipinski definition) is 1. The third-order valence-corrected chi connectivity index (χ3v) is 6.67. The zero-order valence-corrected chi connectivity index (χ0v) is 18.2. The van der Waals surface area contributed by atoms with Crippen LogP contribution in [0.4, 0.5) is 5.69 Å². The number of aromatic nitrogens is 4. The summed E-state index contributed by atoms with van der Waals surface area (Å²) < 4.78 is 4.13. The van der Waals surface area contributed by atoms with Gasteiger partial charge in [-0.15, -0.1) is 0 Å². The third-order valence-electron chi connectivity index (χ3n) is 6.67. The van der Waals surface area contributed by atoms with Gasteiger partial charge in [-0.1, -0.05) is 33.4 Å². The number of rotatable bonds is 3. The average molecular weight is 419 g/mol. The number of benzene rings is 1. The first kappa shape index (κ1) is 18.6. The molecule has 154 valence electrons. The van der Waals surface area contributed by atoms with E-state index in [1.807, 2.05) is 42.2 Å². The van der Waals surface area contributed by atoms with Crippen LogP contribution in [0.3, 0.4) is 0 Å². The summed E-state index contributed by atoms with van der Waals surface area (Å²) in [6, 6.07) is 22.2. The van der Waals surface area contributed by atoms with E-state index in [9.17, 15) is 0 Å². The van der Waals surface area contributed by atoms with E-state index < -0.39 is 5.41 Å². The van der Waals surface area contributed by atoms with Gasteiger partial charge in [0.15, 0.2) is 7.05 Å². The summed E-state index contributed by atoms with van der Waals surface area (Å²) in [5, 5.41) is 7.53. The van der Waals surface area contributed by atoms with E-state index in [1.165, 1.54) is 5.70 Å². The molecule has 1 N–H and O–H groups in total. The van der Waals surface area contributed by atoms with Crippen molar-refractivity contribution in [2.75, 3.05) is 7.05 Å². The van der Waals surface area contributed by atoms with E-state index >= 15 is 0 Å². The van der Waals surface area contributed by atoms with Gasteiger partial charge in [-0.25, -0.2) is 0 Å². The van der Waals surface area contributed by atoms with E-state index in [0.29, 0.717) is 0 Å². The average Bonchev–Trinajstić information content (AvgIpc) is 3.53. The minimum atomic E-state index is -0.683. The highest BCUT2D eigenvalue weighted by Gasteiger charge is 2.50. The lowest BCUT2D eigenvalue weighted by molar-refractivity contribution is -0.445. The Morgan fingerprint density at radius 3 is 2.16 bits per heavy atom. The monoisotopic (exact) mass is 418 g/mol. The molecule has 3 aromatic heterocycles. The van der Waals surface area contributed by atoms with Gasteiger partial charge in [-0.2, -0.15) is 5.10 Å². The predicted octanol–water partition coefficient (Wildman–Crippen LogP) is 4.29. The molecular formula is C26H22N6+2. The maximum absolute atomic E-state index is 4.89. The van der Waals surface area contributed by atoms with Crippen molar-refractivity contribution in [2.24, 2.45) is 0 Å². The Kier molecular flexibility index (Phi) is 3.88. The summed E-state index contributed by atoms with van der Waals surface area (Å²) in [7, 11) is 2.02. The van der Waals surface area contributed by atoms with E-state index in [4.69, 9.17) is 9.97 Å². The van der Waals surface area contributed by atoms with Crippen LogP contribution in [0.5, 0.6) is 0 Å². The van der Waals surface area contributed by atoms with Crippen molar-refractivity contribution in [2.45, 2.75) is 19.3 Å². The molecule has 0 spiro atoms. The summed E-state index contributed by atoms with van der Waals surface area (Å²) in [5.41, 5.74) is 8.85.